The molecule has 0 radical (unpaired) electrons. The van der Waals surface area contributed by atoms with E-state index in [1.807, 2.05) is 12.1 Å². The molecule has 0 aliphatic rings. The van der Waals surface area contributed by atoms with E-state index in [-0.39, 0.29) is 4.83 Å². The Bertz CT molecular complexity index is 295. The van der Waals surface area contributed by atoms with E-state index in [0.29, 0.717) is 13.0 Å². The third-order valence-corrected chi connectivity index (χ3v) is 4.26. The Morgan fingerprint density at radius 2 is 2.20 bits per heavy atom. The Kier molecular flexibility index (Phi) is 6.04. The summed E-state index contributed by atoms with van der Waals surface area (Å²) in [5.74, 6) is 0. The van der Waals surface area contributed by atoms with Crippen molar-refractivity contribution in [1.82, 2.24) is 0 Å². The maximum Gasteiger partial charge on any atom is 0.261 e. The summed E-state index contributed by atoms with van der Waals surface area (Å²) in [5.41, 5.74) is 0. The van der Waals surface area contributed by atoms with Gasteiger partial charge in [0, 0.05) is 11.5 Å². The van der Waals surface area contributed by atoms with Gasteiger partial charge in [-0.1, -0.05) is 27.5 Å². The molecule has 0 saturated heterocycles. The van der Waals surface area contributed by atoms with Crippen LogP contribution in [0.1, 0.15) is 16.1 Å². The predicted molar refractivity (Wildman–Crippen MR) is 62.4 cm³/mol. The lowest BCUT2D eigenvalue weighted by molar-refractivity contribution is 0.0168. The van der Waals surface area contributed by atoms with Gasteiger partial charge in [0.2, 0.25) is 0 Å². The highest BCUT2D eigenvalue weighted by atomic mass is 79.9. The molecule has 1 unspecified atom stereocenters. The first-order chi connectivity index (χ1) is 7.09. The van der Waals surface area contributed by atoms with Crippen LogP contribution in [0.3, 0.4) is 0 Å². The third kappa shape index (κ3) is 5.24. The molecule has 1 heterocycles. The highest BCUT2D eigenvalue weighted by Gasteiger charge is 2.10. The summed E-state index contributed by atoms with van der Waals surface area (Å²) in [4.78, 5) is 1.20. The largest absolute Gasteiger partial charge is 0.375 e. The second kappa shape index (κ2) is 6.78. The van der Waals surface area contributed by atoms with Gasteiger partial charge < -0.3 is 4.74 Å². The van der Waals surface area contributed by atoms with Gasteiger partial charge in [-0.05, 0) is 18.6 Å². The molecule has 0 amide bonds. The van der Waals surface area contributed by atoms with Gasteiger partial charge >= 0.3 is 0 Å². The Hall–Kier alpha value is 0.290. The molecule has 1 aromatic heterocycles. The molecule has 1 rings (SSSR count). The van der Waals surface area contributed by atoms with Gasteiger partial charge in [0.1, 0.15) is 6.61 Å². The first-order valence-electron chi connectivity index (χ1n) is 4.35. The molecule has 0 spiro atoms. The zero-order valence-electron chi connectivity index (χ0n) is 7.76. The fourth-order valence-corrected chi connectivity index (χ4v) is 2.69. The van der Waals surface area contributed by atoms with E-state index in [4.69, 9.17) is 16.3 Å². The highest BCUT2D eigenvalue weighted by Crippen LogP contribution is 2.34. The molecule has 1 aromatic rings. The number of rotatable bonds is 6. The van der Waals surface area contributed by atoms with Crippen molar-refractivity contribution in [3.63, 3.8) is 0 Å². The maximum absolute atomic E-state index is 11.7. The molecule has 0 aliphatic heterocycles. The Balaban J connectivity index is 2.21. The predicted octanol–water partition coefficient (Wildman–Crippen LogP) is 4.51. The number of alkyl halides is 3. The SMILES string of the molecule is FC(F)COCCC(Br)c1ccc(Cl)s1. The van der Waals surface area contributed by atoms with Crippen molar-refractivity contribution < 1.29 is 13.5 Å². The molecular weight excluding hydrogens is 310 g/mol. The van der Waals surface area contributed by atoms with E-state index in [1.165, 1.54) is 11.3 Å². The van der Waals surface area contributed by atoms with Crippen LogP contribution in [0, 0.1) is 0 Å². The summed E-state index contributed by atoms with van der Waals surface area (Å²) < 4.78 is 29.0. The van der Waals surface area contributed by atoms with Gasteiger partial charge in [0.05, 0.1) is 9.16 Å². The Morgan fingerprint density at radius 1 is 1.47 bits per heavy atom. The topological polar surface area (TPSA) is 9.23 Å². The van der Waals surface area contributed by atoms with Crippen LogP contribution < -0.4 is 0 Å². The van der Waals surface area contributed by atoms with Crippen molar-refractivity contribution in [2.24, 2.45) is 0 Å². The quantitative estimate of drug-likeness (QED) is 0.554. The van der Waals surface area contributed by atoms with Crippen LogP contribution in [-0.4, -0.2) is 19.6 Å². The minimum atomic E-state index is -2.39. The van der Waals surface area contributed by atoms with Crippen molar-refractivity contribution in [3.8, 4) is 0 Å². The van der Waals surface area contributed by atoms with Gasteiger partial charge in [0.15, 0.2) is 0 Å². The summed E-state index contributed by atoms with van der Waals surface area (Å²) in [6.45, 7) is -0.180. The van der Waals surface area contributed by atoms with Crippen molar-refractivity contribution in [1.29, 1.82) is 0 Å². The highest BCUT2D eigenvalue weighted by molar-refractivity contribution is 9.09. The van der Waals surface area contributed by atoms with Crippen LogP contribution in [0.2, 0.25) is 4.34 Å². The number of hydrogen-bond donors (Lipinski definition) is 0. The second-order valence-corrected chi connectivity index (χ2v) is 5.72. The van der Waals surface area contributed by atoms with Gasteiger partial charge in [-0.2, -0.15) is 0 Å². The normalized spacial score (nSPS) is 13.4. The van der Waals surface area contributed by atoms with Gasteiger partial charge in [-0.15, -0.1) is 11.3 Å². The average molecular weight is 320 g/mol. The molecule has 0 N–H and O–H groups in total. The number of ether oxygens (including phenoxy) is 1. The zero-order valence-corrected chi connectivity index (χ0v) is 10.9. The fourth-order valence-electron chi connectivity index (χ4n) is 0.998. The first-order valence-corrected chi connectivity index (χ1v) is 6.46. The summed E-state index contributed by atoms with van der Waals surface area (Å²) in [6, 6.07) is 3.73. The van der Waals surface area contributed by atoms with Crippen LogP contribution in [0.15, 0.2) is 12.1 Å². The molecular formula is C9H10BrClF2OS. The smallest absolute Gasteiger partial charge is 0.261 e. The molecule has 1 nitrogen and oxygen atoms in total. The number of halogens is 4. The number of thiophene rings is 1. The number of hydrogen-bond acceptors (Lipinski definition) is 2. The summed E-state index contributed by atoms with van der Waals surface area (Å²) in [7, 11) is 0. The zero-order chi connectivity index (χ0) is 11.3. The monoisotopic (exact) mass is 318 g/mol. The minimum Gasteiger partial charge on any atom is -0.375 e. The molecule has 6 heteroatoms. The van der Waals surface area contributed by atoms with E-state index < -0.39 is 13.0 Å². The standard InChI is InChI=1S/C9H10BrClF2OS/c10-6(3-4-14-5-9(12)13)7-1-2-8(11)15-7/h1-2,6,9H,3-5H2. The van der Waals surface area contributed by atoms with E-state index in [1.54, 1.807) is 0 Å². The van der Waals surface area contributed by atoms with Crippen LogP contribution in [0.25, 0.3) is 0 Å². The molecule has 0 saturated carbocycles. The minimum absolute atomic E-state index is 0.118. The Labute approximate surface area is 105 Å². The van der Waals surface area contributed by atoms with Crippen molar-refractivity contribution in [2.75, 3.05) is 13.2 Å². The van der Waals surface area contributed by atoms with Gasteiger partial charge in [0.25, 0.3) is 6.43 Å². The van der Waals surface area contributed by atoms with Gasteiger partial charge in [-0.25, -0.2) is 8.78 Å². The summed E-state index contributed by atoms with van der Waals surface area (Å²) in [5, 5.41) is 0. The summed E-state index contributed by atoms with van der Waals surface area (Å²) >= 11 is 10.7. The van der Waals surface area contributed by atoms with E-state index in [9.17, 15) is 8.78 Å². The first kappa shape index (κ1) is 13.4. The Morgan fingerprint density at radius 3 is 2.73 bits per heavy atom. The van der Waals surface area contributed by atoms with E-state index >= 15 is 0 Å². The fraction of sp³-hybridized carbons (Fsp3) is 0.556. The maximum atomic E-state index is 11.7. The third-order valence-electron chi connectivity index (χ3n) is 1.66. The second-order valence-electron chi connectivity index (χ2n) is 2.86. The van der Waals surface area contributed by atoms with Crippen LogP contribution in [0.4, 0.5) is 8.78 Å². The molecule has 0 bridgehead atoms. The molecule has 1 atom stereocenters. The molecule has 0 aromatic carbocycles. The van der Waals surface area contributed by atoms with E-state index in [0.717, 1.165) is 9.21 Å². The summed E-state index contributed by atoms with van der Waals surface area (Å²) in [6.07, 6.45) is -1.74. The van der Waals surface area contributed by atoms with Crippen molar-refractivity contribution in [3.05, 3.63) is 21.3 Å². The van der Waals surface area contributed by atoms with E-state index in [2.05, 4.69) is 15.9 Å². The van der Waals surface area contributed by atoms with Crippen LogP contribution in [0.5, 0.6) is 0 Å². The lowest BCUT2D eigenvalue weighted by atomic mass is 10.3. The molecule has 0 fully saturated rings. The van der Waals surface area contributed by atoms with Gasteiger partial charge in [-0.3, -0.25) is 0 Å². The van der Waals surface area contributed by atoms with Crippen LogP contribution in [-0.2, 0) is 4.74 Å². The van der Waals surface area contributed by atoms with Crippen molar-refractivity contribution in [2.45, 2.75) is 17.7 Å². The molecule has 0 aliphatic carbocycles. The lowest BCUT2D eigenvalue weighted by Gasteiger charge is -2.07. The van der Waals surface area contributed by atoms with Crippen LogP contribution >= 0.6 is 38.9 Å². The molecule has 86 valence electrons. The lowest BCUT2D eigenvalue weighted by Crippen LogP contribution is -2.06. The van der Waals surface area contributed by atoms with Crippen molar-refractivity contribution >= 4 is 38.9 Å². The average Bonchev–Trinajstić information content (AvgIpc) is 2.59. The molecule has 15 heavy (non-hydrogen) atoms.